The van der Waals surface area contributed by atoms with Crippen molar-refractivity contribution in [1.82, 2.24) is 0 Å². The summed E-state index contributed by atoms with van der Waals surface area (Å²) >= 11 is 0. The molecule has 110 valence electrons. The molecule has 2 rings (SSSR count). The quantitative estimate of drug-likeness (QED) is 0.690. The highest BCUT2D eigenvalue weighted by Gasteiger charge is 2.02. The van der Waals surface area contributed by atoms with Gasteiger partial charge in [-0.2, -0.15) is 5.26 Å². The summed E-state index contributed by atoms with van der Waals surface area (Å²) in [5.41, 5.74) is 3.01. The maximum absolute atomic E-state index is 11.0. The van der Waals surface area contributed by atoms with Crippen LogP contribution in [0.5, 0.6) is 5.75 Å². The molecule has 0 saturated heterocycles. The van der Waals surface area contributed by atoms with E-state index in [2.05, 4.69) is 11.4 Å². The first-order valence-electron chi connectivity index (χ1n) is 6.76. The van der Waals surface area contributed by atoms with Gasteiger partial charge in [0.15, 0.2) is 0 Å². The minimum absolute atomic E-state index is 0.112. The molecule has 4 nitrogen and oxygen atoms in total. The van der Waals surface area contributed by atoms with Gasteiger partial charge in [0.25, 0.3) is 0 Å². The van der Waals surface area contributed by atoms with Crippen molar-refractivity contribution >= 4 is 23.2 Å². The SMILES string of the molecule is COc1ccc(C(C#N)=Cc2ccc(NC(C)=O)cc2)cc1. The van der Waals surface area contributed by atoms with Crippen LogP contribution in [0.4, 0.5) is 5.69 Å². The van der Waals surface area contributed by atoms with Gasteiger partial charge in [0.05, 0.1) is 18.8 Å². The van der Waals surface area contributed by atoms with Crippen LogP contribution in [0.2, 0.25) is 0 Å². The molecule has 2 aromatic carbocycles. The Morgan fingerprint density at radius 3 is 2.27 bits per heavy atom. The number of nitriles is 1. The lowest BCUT2D eigenvalue weighted by Crippen LogP contribution is -2.05. The van der Waals surface area contributed by atoms with Crippen LogP contribution in [0, 0.1) is 11.3 Å². The molecule has 22 heavy (non-hydrogen) atoms. The van der Waals surface area contributed by atoms with E-state index in [-0.39, 0.29) is 5.91 Å². The Bertz CT molecular complexity index is 723. The molecule has 0 aromatic heterocycles. The number of hydrogen-bond acceptors (Lipinski definition) is 3. The average molecular weight is 292 g/mol. The number of benzene rings is 2. The summed E-state index contributed by atoms with van der Waals surface area (Å²) < 4.78 is 5.11. The van der Waals surface area contributed by atoms with Crippen molar-refractivity contribution in [2.24, 2.45) is 0 Å². The van der Waals surface area contributed by atoms with Gasteiger partial charge in [0.1, 0.15) is 5.75 Å². The van der Waals surface area contributed by atoms with Crippen LogP contribution in [-0.4, -0.2) is 13.0 Å². The highest BCUT2D eigenvalue weighted by Crippen LogP contribution is 2.21. The molecule has 2 aromatic rings. The van der Waals surface area contributed by atoms with Crippen LogP contribution in [-0.2, 0) is 4.79 Å². The number of carbonyl (C=O) groups is 1. The van der Waals surface area contributed by atoms with Gasteiger partial charge in [-0.25, -0.2) is 0 Å². The predicted molar refractivity (Wildman–Crippen MR) is 87.2 cm³/mol. The summed E-state index contributed by atoms with van der Waals surface area (Å²) in [6, 6.07) is 16.8. The number of methoxy groups -OCH3 is 1. The highest BCUT2D eigenvalue weighted by atomic mass is 16.5. The lowest BCUT2D eigenvalue weighted by molar-refractivity contribution is -0.114. The monoisotopic (exact) mass is 292 g/mol. The second-order valence-corrected chi connectivity index (χ2v) is 4.70. The molecule has 0 heterocycles. The lowest BCUT2D eigenvalue weighted by atomic mass is 10.0. The summed E-state index contributed by atoms with van der Waals surface area (Å²) in [7, 11) is 1.60. The fraction of sp³-hybridized carbons (Fsp3) is 0.111. The third-order valence-electron chi connectivity index (χ3n) is 3.06. The third-order valence-corrected chi connectivity index (χ3v) is 3.06. The fourth-order valence-electron chi connectivity index (χ4n) is 1.98. The number of nitrogens with one attached hydrogen (secondary N) is 1. The van der Waals surface area contributed by atoms with Crippen LogP contribution in [0.3, 0.4) is 0 Å². The van der Waals surface area contributed by atoms with Crippen molar-refractivity contribution < 1.29 is 9.53 Å². The van der Waals surface area contributed by atoms with E-state index >= 15 is 0 Å². The number of nitrogens with zero attached hydrogens (tertiary/aromatic N) is 1. The summed E-state index contributed by atoms with van der Waals surface area (Å²) in [5, 5.41) is 12.0. The van der Waals surface area contributed by atoms with E-state index in [0.29, 0.717) is 5.57 Å². The maximum Gasteiger partial charge on any atom is 0.221 e. The summed E-state index contributed by atoms with van der Waals surface area (Å²) in [5.74, 6) is 0.639. The topological polar surface area (TPSA) is 62.1 Å². The number of rotatable bonds is 4. The van der Waals surface area contributed by atoms with Crippen molar-refractivity contribution in [3.05, 3.63) is 59.7 Å². The fourth-order valence-corrected chi connectivity index (χ4v) is 1.98. The van der Waals surface area contributed by atoms with Gasteiger partial charge in [-0.1, -0.05) is 12.1 Å². The molecule has 0 atom stereocenters. The second-order valence-electron chi connectivity index (χ2n) is 4.70. The van der Waals surface area contributed by atoms with E-state index < -0.39 is 0 Å². The molecule has 0 unspecified atom stereocenters. The molecule has 1 amide bonds. The number of anilines is 1. The standard InChI is InChI=1S/C18H16N2O2/c1-13(21)20-17-7-3-14(4-8-17)11-16(12-19)15-5-9-18(22-2)10-6-15/h3-11H,1-2H3,(H,20,21). The summed E-state index contributed by atoms with van der Waals surface area (Å²) in [6.45, 7) is 1.46. The van der Waals surface area contributed by atoms with Crippen LogP contribution in [0.25, 0.3) is 11.6 Å². The normalized spacial score (nSPS) is 10.7. The minimum atomic E-state index is -0.112. The van der Waals surface area contributed by atoms with E-state index in [1.165, 1.54) is 6.92 Å². The van der Waals surface area contributed by atoms with Gasteiger partial charge in [0, 0.05) is 12.6 Å². The van der Waals surface area contributed by atoms with E-state index in [1.54, 1.807) is 25.3 Å². The Labute approximate surface area is 129 Å². The van der Waals surface area contributed by atoms with E-state index in [0.717, 1.165) is 22.6 Å². The molecule has 0 bridgehead atoms. The Morgan fingerprint density at radius 2 is 1.77 bits per heavy atom. The molecule has 0 fully saturated rings. The van der Waals surface area contributed by atoms with Crippen LogP contribution < -0.4 is 10.1 Å². The van der Waals surface area contributed by atoms with Crippen LogP contribution in [0.1, 0.15) is 18.1 Å². The number of hydrogen-bond donors (Lipinski definition) is 1. The molecule has 0 saturated carbocycles. The van der Waals surface area contributed by atoms with Gasteiger partial charge in [-0.15, -0.1) is 0 Å². The Morgan fingerprint density at radius 1 is 1.14 bits per heavy atom. The molecular weight excluding hydrogens is 276 g/mol. The van der Waals surface area contributed by atoms with Crippen molar-refractivity contribution in [1.29, 1.82) is 5.26 Å². The van der Waals surface area contributed by atoms with Gasteiger partial charge in [-0.3, -0.25) is 4.79 Å². The largest absolute Gasteiger partial charge is 0.497 e. The first-order valence-corrected chi connectivity index (χ1v) is 6.76. The second kappa shape index (κ2) is 7.09. The molecule has 0 aliphatic heterocycles. The molecule has 1 N–H and O–H groups in total. The first kappa shape index (κ1) is 15.3. The first-order chi connectivity index (χ1) is 10.6. The zero-order valence-corrected chi connectivity index (χ0v) is 12.5. The summed E-state index contributed by atoms with van der Waals surface area (Å²) in [4.78, 5) is 11.0. The molecule has 0 spiro atoms. The van der Waals surface area contributed by atoms with Crippen molar-refractivity contribution in [3.8, 4) is 11.8 Å². The number of carbonyl (C=O) groups excluding carboxylic acids is 1. The molecule has 4 heteroatoms. The van der Waals surface area contributed by atoms with Crippen LogP contribution >= 0.6 is 0 Å². The van der Waals surface area contributed by atoms with Crippen molar-refractivity contribution in [3.63, 3.8) is 0 Å². The number of amides is 1. The molecule has 0 radical (unpaired) electrons. The van der Waals surface area contributed by atoms with Gasteiger partial charge >= 0.3 is 0 Å². The van der Waals surface area contributed by atoms with Gasteiger partial charge < -0.3 is 10.1 Å². The smallest absolute Gasteiger partial charge is 0.221 e. The third kappa shape index (κ3) is 3.97. The van der Waals surface area contributed by atoms with Crippen molar-refractivity contribution in [2.75, 3.05) is 12.4 Å². The lowest BCUT2D eigenvalue weighted by Gasteiger charge is -2.04. The molecule has 0 aliphatic rings. The van der Waals surface area contributed by atoms with Gasteiger partial charge in [-0.05, 0) is 53.6 Å². The van der Waals surface area contributed by atoms with Crippen molar-refractivity contribution in [2.45, 2.75) is 6.92 Å². The zero-order chi connectivity index (χ0) is 15.9. The Balaban J connectivity index is 2.24. The Hall–Kier alpha value is -3.06. The summed E-state index contributed by atoms with van der Waals surface area (Å²) in [6.07, 6.45) is 1.80. The average Bonchev–Trinajstić information content (AvgIpc) is 2.54. The number of allylic oxidation sites excluding steroid dienone is 1. The molecular formula is C18H16N2O2. The zero-order valence-electron chi connectivity index (χ0n) is 12.5. The Kier molecular flexibility index (Phi) is 4.94. The highest BCUT2D eigenvalue weighted by molar-refractivity contribution is 5.91. The van der Waals surface area contributed by atoms with E-state index in [1.807, 2.05) is 36.4 Å². The van der Waals surface area contributed by atoms with E-state index in [9.17, 15) is 10.1 Å². The predicted octanol–water partition coefficient (Wildman–Crippen LogP) is 3.72. The minimum Gasteiger partial charge on any atom is -0.497 e. The maximum atomic E-state index is 11.0. The van der Waals surface area contributed by atoms with E-state index in [4.69, 9.17) is 4.74 Å². The number of ether oxygens (including phenoxy) is 1. The van der Waals surface area contributed by atoms with Crippen LogP contribution in [0.15, 0.2) is 48.5 Å². The molecule has 0 aliphatic carbocycles. The van der Waals surface area contributed by atoms with Gasteiger partial charge in [0.2, 0.25) is 5.91 Å².